The molecule has 10 rings (SSSR count). The van der Waals surface area contributed by atoms with Gasteiger partial charge in [-0.1, -0.05) is 164 Å². The van der Waals surface area contributed by atoms with Gasteiger partial charge >= 0.3 is 0 Å². The molecule has 0 N–H and O–H groups in total. The van der Waals surface area contributed by atoms with Crippen LogP contribution in [0.15, 0.2) is 181 Å². The van der Waals surface area contributed by atoms with Crippen LogP contribution in [0.4, 0.5) is 0 Å². The molecule has 3 aliphatic carbocycles. The summed E-state index contributed by atoms with van der Waals surface area (Å²) in [5.74, 6) is 1.36. The Morgan fingerprint density at radius 1 is 0.538 bits per heavy atom. The van der Waals surface area contributed by atoms with E-state index in [2.05, 4.69) is 164 Å². The maximum atomic E-state index is 5.17. The molecule has 0 bridgehead atoms. The smallest absolute Gasteiger partial charge is 0.160 e. The summed E-state index contributed by atoms with van der Waals surface area (Å²) in [5, 5.41) is 2.47. The zero-order valence-electron chi connectivity index (χ0n) is 28.1. The van der Waals surface area contributed by atoms with Gasteiger partial charge in [-0.15, -0.1) is 11.3 Å². The SMILES string of the molecule is C1=CC2=CC=CC(c3ccc(-c4cc(-c5ccc(-c6nc7ccccc7s6)cc5)nc(-c5ccc(C6=NC7C=CC=CC7S6)cc5)n4)cc3)C2C=C1. The van der Waals surface area contributed by atoms with E-state index in [1.165, 1.54) is 15.8 Å². The van der Waals surface area contributed by atoms with Gasteiger partial charge in [0.2, 0.25) is 0 Å². The number of benzene rings is 4. The first-order valence-corrected chi connectivity index (χ1v) is 19.3. The molecule has 6 heteroatoms. The number of para-hydroxylation sites is 1. The Hall–Kier alpha value is -5.69. The van der Waals surface area contributed by atoms with E-state index in [-0.39, 0.29) is 6.04 Å². The van der Waals surface area contributed by atoms with Crippen molar-refractivity contribution in [3.63, 3.8) is 0 Å². The molecule has 3 heterocycles. The van der Waals surface area contributed by atoms with E-state index in [9.17, 15) is 0 Å². The Balaban J connectivity index is 0.998. The second-order valence-corrected chi connectivity index (χ2v) is 15.5. The van der Waals surface area contributed by atoms with Gasteiger partial charge in [-0.05, 0) is 29.3 Å². The number of aromatic nitrogens is 3. The summed E-state index contributed by atoms with van der Waals surface area (Å²) in [6, 6.07) is 36.7. The molecule has 0 spiro atoms. The lowest BCUT2D eigenvalue weighted by Gasteiger charge is -2.28. The molecule has 1 aliphatic heterocycles. The minimum atomic E-state index is 0.211. The molecule has 4 unspecified atom stereocenters. The van der Waals surface area contributed by atoms with Crippen LogP contribution in [0.1, 0.15) is 17.0 Å². The molecule has 0 radical (unpaired) electrons. The number of thiazole rings is 1. The first kappa shape index (κ1) is 31.1. The fourth-order valence-electron chi connectivity index (χ4n) is 7.32. The number of fused-ring (bicyclic) bond motifs is 3. The Bertz CT molecular complexity index is 2520. The van der Waals surface area contributed by atoms with Gasteiger partial charge in [0, 0.05) is 39.7 Å². The number of thioether (sulfide) groups is 1. The Morgan fingerprint density at radius 2 is 1.21 bits per heavy atom. The number of aliphatic imine (C=N–C) groups is 1. The molecule has 0 saturated heterocycles. The van der Waals surface area contributed by atoms with Crippen LogP contribution in [0.2, 0.25) is 0 Å². The van der Waals surface area contributed by atoms with Crippen LogP contribution >= 0.6 is 23.1 Å². The molecule has 0 amide bonds. The van der Waals surface area contributed by atoms with E-state index in [4.69, 9.17) is 19.9 Å². The van der Waals surface area contributed by atoms with Gasteiger partial charge in [0.15, 0.2) is 5.82 Å². The summed E-state index contributed by atoms with van der Waals surface area (Å²) in [6.45, 7) is 0. The molecule has 4 atom stereocenters. The first-order valence-electron chi connectivity index (χ1n) is 17.6. The van der Waals surface area contributed by atoms with E-state index < -0.39 is 0 Å². The fourth-order valence-corrected chi connectivity index (χ4v) is 9.46. The van der Waals surface area contributed by atoms with Crippen LogP contribution < -0.4 is 0 Å². The lowest BCUT2D eigenvalue weighted by atomic mass is 9.76. The van der Waals surface area contributed by atoms with Crippen molar-refractivity contribution in [1.82, 2.24) is 15.0 Å². The predicted molar refractivity (Wildman–Crippen MR) is 219 cm³/mol. The van der Waals surface area contributed by atoms with Crippen molar-refractivity contribution in [3.8, 4) is 44.5 Å². The van der Waals surface area contributed by atoms with Gasteiger partial charge in [-0.3, -0.25) is 4.99 Å². The van der Waals surface area contributed by atoms with Gasteiger partial charge < -0.3 is 0 Å². The van der Waals surface area contributed by atoms with Crippen LogP contribution in [0.3, 0.4) is 0 Å². The third kappa shape index (κ3) is 5.84. The molecule has 2 aromatic heterocycles. The zero-order chi connectivity index (χ0) is 34.4. The topological polar surface area (TPSA) is 51.0 Å². The van der Waals surface area contributed by atoms with Crippen LogP contribution in [-0.4, -0.2) is 31.3 Å². The normalized spacial score (nSPS) is 21.2. The summed E-state index contributed by atoms with van der Waals surface area (Å²) in [6.07, 6.45) is 24.2. The summed E-state index contributed by atoms with van der Waals surface area (Å²) in [4.78, 5) is 20.2. The molecule has 4 aliphatic rings. The third-order valence-corrected chi connectivity index (χ3v) is 12.5. The maximum absolute atomic E-state index is 5.17. The highest BCUT2D eigenvalue weighted by Crippen LogP contribution is 2.39. The van der Waals surface area contributed by atoms with Crippen molar-refractivity contribution in [2.24, 2.45) is 10.9 Å². The monoisotopic (exact) mass is 704 g/mol. The summed E-state index contributed by atoms with van der Waals surface area (Å²) >= 11 is 3.55. The Kier molecular flexibility index (Phi) is 7.85. The first-order chi connectivity index (χ1) is 25.7. The fraction of sp³-hybridized carbons (Fsp3) is 0.0870. The second kappa shape index (κ2) is 13.1. The van der Waals surface area contributed by atoms with Crippen LogP contribution in [0.5, 0.6) is 0 Å². The Labute approximate surface area is 311 Å². The number of rotatable bonds is 6. The average molecular weight is 705 g/mol. The maximum Gasteiger partial charge on any atom is 0.160 e. The van der Waals surface area contributed by atoms with Gasteiger partial charge in [0.1, 0.15) is 5.01 Å². The van der Waals surface area contributed by atoms with E-state index in [1.54, 1.807) is 11.3 Å². The average Bonchev–Trinajstić information content (AvgIpc) is 3.86. The predicted octanol–water partition coefficient (Wildman–Crippen LogP) is 11.4. The molecule has 0 saturated carbocycles. The molecule has 0 fully saturated rings. The van der Waals surface area contributed by atoms with Crippen molar-refractivity contribution >= 4 is 38.4 Å². The number of allylic oxidation sites excluding steroid dienone is 10. The molecule has 52 heavy (non-hydrogen) atoms. The molecule has 248 valence electrons. The number of nitrogens with zero attached hydrogens (tertiary/aromatic N) is 4. The zero-order valence-corrected chi connectivity index (χ0v) is 29.7. The lowest BCUT2D eigenvalue weighted by Crippen LogP contribution is -2.14. The minimum Gasteiger partial charge on any atom is -0.269 e. The quantitative estimate of drug-likeness (QED) is 0.173. The largest absolute Gasteiger partial charge is 0.269 e. The standard InChI is InChI=1S/C46H32N4S2/c1-2-10-36-29(8-1)9-7-11-37(36)30-16-18-31(19-17-30)40-28-41(32-20-24-34(25-21-32)45-49-38-12-3-5-14-42(38)51-45)48-44(47-40)33-22-26-35(27-23-33)46-50-39-13-4-6-15-43(39)52-46/h1-28,36-37,39,43H. The van der Waals surface area contributed by atoms with Gasteiger partial charge in [-0.2, -0.15) is 0 Å². The molecule has 4 aromatic carbocycles. The number of hydrogen-bond donors (Lipinski definition) is 0. The highest BCUT2D eigenvalue weighted by molar-refractivity contribution is 8.15. The van der Waals surface area contributed by atoms with E-state index in [0.29, 0.717) is 22.9 Å². The summed E-state index contributed by atoms with van der Waals surface area (Å²) in [7, 11) is 0. The van der Waals surface area contributed by atoms with E-state index in [1.807, 2.05) is 17.8 Å². The van der Waals surface area contributed by atoms with E-state index in [0.717, 1.165) is 54.8 Å². The summed E-state index contributed by atoms with van der Waals surface area (Å²) in [5.41, 5.74) is 10.7. The lowest BCUT2D eigenvalue weighted by molar-refractivity contribution is 0.670. The van der Waals surface area contributed by atoms with E-state index >= 15 is 0 Å². The molecule has 4 nitrogen and oxygen atoms in total. The third-order valence-electron chi connectivity index (χ3n) is 10.1. The highest BCUT2D eigenvalue weighted by Gasteiger charge is 2.28. The van der Waals surface area contributed by atoms with Gasteiger partial charge in [-0.25, -0.2) is 15.0 Å². The number of hydrogen-bond acceptors (Lipinski definition) is 6. The highest BCUT2D eigenvalue weighted by atomic mass is 32.2. The van der Waals surface area contributed by atoms with Crippen LogP contribution in [-0.2, 0) is 0 Å². The second-order valence-electron chi connectivity index (χ2n) is 13.3. The summed E-state index contributed by atoms with van der Waals surface area (Å²) < 4.78 is 1.19. The van der Waals surface area contributed by atoms with Crippen molar-refractivity contribution in [3.05, 3.63) is 187 Å². The van der Waals surface area contributed by atoms with Crippen LogP contribution in [0.25, 0.3) is 54.7 Å². The Morgan fingerprint density at radius 3 is 2.00 bits per heavy atom. The van der Waals surface area contributed by atoms with Gasteiger partial charge in [0.05, 0.1) is 37.9 Å². The molecular weight excluding hydrogens is 673 g/mol. The van der Waals surface area contributed by atoms with Crippen molar-refractivity contribution in [2.75, 3.05) is 0 Å². The van der Waals surface area contributed by atoms with Crippen LogP contribution in [0, 0.1) is 5.92 Å². The van der Waals surface area contributed by atoms with Crippen molar-refractivity contribution < 1.29 is 0 Å². The minimum absolute atomic E-state index is 0.211. The van der Waals surface area contributed by atoms with Crippen molar-refractivity contribution in [1.29, 1.82) is 0 Å². The molecule has 6 aromatic rings. The van der Waals surface area contributed by atoms with Gasteiger partial charge in [0.25, 0.3) is 0 Å². The van der Waals surface area contributed by atoms with Crippen molar-refractivity contribution in [2.45, 2.75) is 17.2 Å². The molecular formula is C46H32N4S2.